The fourth-order valence-corrected chi connectivity index (χ4v) is 5.43. The van der Waals surface area contributed by atoms with Gasteiger partial charge in [-0.05, 0) is 54.1 Å². The number of sulfonamides is 1. The predicted octanol–water partition coefficient (Wildman–Crippen LogP) is 2.86. The van der Waals surface area contributed by atoms with E-state index in [2.05, 4.69) is 39.8 Å². The Bertz CT molecular complexity index is 575. The van der Waals surface area contributed by atoms with Crippen molar-refractivity contribution >= 4 is 26.0 Å². The number of nitrogens with one attached hydrogen (secondary N) is 2. The highest BCUT2D eigenvalue weighted by Crippen LogP contribution is 2.31. The molecule has 1 fully saturated rings. The van der Waals surface area contributed by atoms with Gasteiger partial charge in [0.1, 0.15) is 10.7 Å². The van der Waals surface area contributed by atoms with E-state index >= 15 is 0 Å². The number of rotatable bonds is 5. The Hall–Kier alpha value is -0.370. The predicted molar refractivity (Wildman–Crippen MR) is 85.5 cm³/mol. The molecule has 2 rings (SSSR count). The molecule has 1 aliphatic rings. The zero-order chi connectivity index (χ0) is 15.6. The van der Waals surface area contributed by atoms with Gasteiger partial charge in [0, 0.05) is 12.1 Å². The first-order valence-electron chi connectivity index (χ1n) is 7.27. The fraction of sp³-hybridized carbons (Fsp3) is 0.714. The van der Waals surface area contributed by atoms with E-state index in [0.717, 1.165) is 12.8 Å². The van der Waals surface area contributed by atoms with Gasteiger partial charge in [0.25, 0.3) is 0 Å². The molecule has 0 radical (unpaired) electrons. The Morgan fingerprint density at radius 1 is 1.29 bits per heavy atom. The highest BCUT2D eigenvalue weighted by atomic mass is 79.9. The van der Waals surface area contributed by atoms with Gasteiger partial charge in [-0.25, -0.2) is 13.1 Å². The molecular formula is C14H23BrN2O3S. The first-order chi connectivity index (χ1) is 9.81. The molecule has 0 saturated heterocycles. The molecule has 0 bridgehead atoms. The van der Waals surface area contributed by atoms with Gasteiger partial charge in [-0.3, -0.25) is 0 Å². The second kappa shape index (κ2) is 6.81. The standard InChI is InChI=1S/C14H23BrN2O3S/c1-9-4-10(2)6-11(5-9)17-21(18,19)13-7-12(8-16-3)20-14(13)15/h7,9-11,16-17H,4-6,8H2,1-3H3. The number of hydrogen-bond acceptors (Lipinski definition) is 4. The average Bonchev–Trinajstić information content (AvgIpc) is 2.69. The third kappa shape index (κ3) is 4.31. The molecule has 1 aromatic heterocycles. The normalized spacial score (nSPS) is 27.0. The second-order valence-corrected chi connectivity index (χ2v) is 8.52. The van der Waals surface area contributed by atoms with Gasteiger partial charge in [-0.15, -0.1) is 0 Å². The quantitative estimate of drug-likeness (QED) is 0.825. The van der Waals surface area contributed by atoms with Crippen LogP contribution in [-0.4, -0.2) is 21.5 Å². The summed E-state index contributed by atoms with van der Waals surface area (Å²) in [5.74, 6) is 1.69. The minimum atomic E-state index is -3.55. The minimum absolute atomic E-state index is 0.00306. The number of hydrogen-bond donors (Lipinski definition) is 2. The lowest BCUT2D eigenvalue weighted by Crippen LogP contribution is -2.39. The van der Waals surface area contributed by atoms with Crippen LogP contribution in [-0.2, 0) is 16.6 Å². The lowest BCUT2D eigenvalue weighted by Gasteiger charge is -2.31. The van der Waals surface area contributed by atoms with E-state index < -0.39 is 10.0 Å². The molecule has 7 heteroatoms. The Morgan fingerprint density at radius 3 is 2.48 bits per heavy atom. The van der Waals surface area contributed by atoms with Crippen molar-refractivity contribution in [3.05, 3.63) is 16.5 Å². The van der Waals surface area contributed by atoms with E-state index in [1.54, 1.807) is 13.1 Å². The maximum atomic E-state index is 12.5. The van der Waals surface area contributed by atoms with Gasteiger partial charge in [-0.1, -0.05) is 13.8 Å². The molecule has 5 nitrogen and oxygen atoms in total. The van der Waals surface area contributed by atoms with Crippen LogP contribution < -0.4 is 10.0 Å². The molecule has 120 valence electrons. The lowest BCUT2D eigenvalue weighted by atomic mass is 9.81. The zero-order valence-electron chi connectivity index (χ0n) is 12.6. The van der Waals surface area contributed by atoms with Crippen molar-refractivity contribution in [2.45, 2.75) is 50.6 Å². The number of furan rings is 1. The summed E-state index contributed by atoms with van der Waals surface area (Å²) in [5, 5.41) is 2.94. The Morgan fingerprint density at radius 2 is 1.90 bits per heavy atom. The highest BCUT2D eigenvalue weighted by Gasteiger charge is 2.30. The molecule has 0 aromatic carbocycles. The van der Waals surface area contributed by atoms with Crippen LogP contribution in [0.3, 0.4) is 0 Å². The molecular weight excluding hydrogens is 356 g/mol. The molecule has 1 aromatic rings. The Kier molecular flexibility index (Phi) is 5.51. The van der Waals surface area contributed by atoms with E-state index in [1.807, 2.05) is 0 Å². The van der Waals surface area contributed by atoms with Gasteiger partial charge in [0.2, 0.25) is 10.0 Å². The molecule has 1 aliphatic carbocycles. The molecule has 0 spiro atoms. The van der Waals surface area contributed by atoms with Crippen molar-refractivity contribution in [1.82, 2.24) is 10.0 Å². The van der Waals surface area contributed by atoms with E-state index in [4.69, 9.17) is 4.42 Å². The lowest BCUT2D eigenvalue weighted by molar-refractivity contribution is 0.257. The maximum absolute atomic E-state index is 12.5. The summed E-state index contributed by atoms with van der Waals surface area (Å²) in [4.78, 5) is 0.179. The van der Waals surface area contributed by atoms with Crippen molar-refractivity contribution < 1.29 is 12.8 Å². The van der Waals surface area contributed by atoms with Crippen LogP contribution in [0.1, 0.15) is 38.9 Å². The van der Waals surface area contributed by atoms with Crippen molar-refractivity contribution in [3.63, 3.8) is 0 Å². The first-order valence-corrected chi connectivity index (χ1v) is 9.54. The summed E-state index contributed by atoms with van der Waals surface area (Å²) in [5.41, 5.74) is 0. The summed E-state index contributed by atoms with van der Waals surface area (Å²) >= 11 is 3.20. The summed E-state index contributed by atoms with van der Waals surface area (Å²) in [7, 11) is -1.77. The SMILES string of the molecule is CNCc1cc(S(=O)(=O)NC2CC(C)CC(C)C2)c(Br)o1. The largest absolute Gasteiger partial charge is 0.452 e. The summed E-state index contributed by atoms with van der Waals surface area (Å²) in [6, 6.07) is 1.57. The van der Waals surface area contributed by atoms with Gasteiger partial charge in [-0.2, -0.15) is 0 Å². The Labute approximate surface area is 135 Å². The van der Waals surface area contributed by atoms with Gasteiger partial charge in [0.15, 0.2) is 4.67 Å². The second-order valence-electron chi connectivity index (χ2n) is 6.12. The van der Waals surface area contributed by atoms with E-state index in [-0.39, 0.29) is 15.6 Å². The molecule has 21 heavy (non-hydrogen) atoms. The van der Waals surface area contributed by atoms with E-state index in [0.29, 0.717) is 24.1 Å². The molecule has 1 heterocycles. The van der Waals surface area contributed by atoms with Crippen molar-refractivity contribution in [2.75, 3.05) is 7.05 Å². The monoisotopic (exact) mass is 378 g/mol. The van der Waals surface area contributed by atoms with Gasteiger partial charge in [0.05, 0.1) is 6.54 Å². The van der Waals surface area contributed by atoms with Crippen LogP contribution in [0.5, 0.6) is 0 Å². The molecule has 1 saturated carbocycles. The summed E-state index contributed by atoms with van der Waals surface area (Å²) in [6.07, 6.45) is 2.95. The smallest absolute Gasteiger partial charge is 0.245 e. The van der Waals surface area contributed by atoms with E-state index in [1.165, 1.54) is 6.42 Å². The maximum Gasteiger partial charge on any atom is 0.245 e. The summed E-state index contributed by atoms with van der Waals surface area (Å²) in [6.45, 7) is 4.84. The van der Waals surface area contributed by atoms with Crippen LogP contribution in [0.4, 0.5) is 0 Å². The topological polar surface area (TPSA) is 71.3 Å². The third-order valence-corrected chi connectivity index (χ3v) is 6.22. The van der Waals surface area contributed by atoms with Crippen LogP contribution in [0.25, 0.3) is 0 Å². The van der Waals surface area contributed by atoms with Crippen LogP contribution in [0, 0.1) is 11.8 Å². The van der Waals surface area contributed by atoms with Gasteiger partial charge < -0.3 is 9.73 Å². The average molecular weight is 379 g/mol. The van der Waals surface area contributed by atoms with Crippen LogP contribution >= 0.6 is 15.9 Å². The highest BCUT2D eigenvalue weighted by molar-refractivity contribution is 9.10. The Balaban J connectivity index is 2.14. The van der Waals surface area contributed by atoms with Crippen molar-refractivity contribution in [3.8, 4) is 0 Å². The molecule has 0 amide bonds. The van der Waals surface area contributed by atoms with Gasteiger partial charge >= 0.3 is 0 Å². The van der Waals surface area contributed by atoms with Crippen molar-refractivity contribution in [1.29, 1.82) is 0 Å². The minimum Gasteiger partial charge on any atom is -0.452 e. The molecule has 2 atom stereocenters. The molecule has 0 aliphatic heterocycles. The fourth-order valence-electron chi connectivity index (χ4n) is 3.17. The zero-order valence-corrected chi connectivity index (χ0v) is 15.1. The first kappa shape index (κ1) is 17.0. The third-order valence-electron chi connectivity index (χ3n) is 3.85. The van der Waals surface area contributed by atoms with Crippen molar-refractivity contribution in [2.24, 2.45) is 11.8 Å². The number of halogens is 1. The van der Waals surface area contributed by atoms with Crippen LogP contribution in [0.15, 0.2) is 20.0 Å². The summed E-state index contributed by atoms with van der Waals surface area (Å²) < 4.78 is 33.6. The van der Waals surface area contributed by atoms with E-state index in [9.17, 15) is 8.42 Å². The molecule has 2 unspecified atom stereocenters. The molecule has 2 N–H and O–H groups in total. The van der Waals surface area contributed by atoms with Crippen LogP contribution in [0.2, 0.25) is 0 Å².